The minimum Gasteiger partial charge on any atom is -0.310 e. The van der Waals surface area contributed by atoms with Crippen LogP contribution in [0.4, 0.5) is 17.1 Å². The summed E-state index contributed by atoms with van der Waals surface area (Å²) in [6, 6.07) is 82.0. The average molecular weight is 688 g/mol. The Balaban J connectivity index is 1.22. The third kappa shape index (κ3) is 5.17. The summed E-state index contributed by atoms with van der Waals surface area (Å²) in [5.74, 6) is 0. The standard InChI is InChI=1S/C53H37N/c1-5-15-38(16-6-1)40-25-30-45(31-26-40)54(46-32-27-41(28-33-46)39-17-7-2-8-18-39)47-34-36-49-50-35-29-42-19-13-14-24-48(42)52(50)53(51(49)37-47,43-20-9-3-10-21-43)44-22-11-4-12-23-44/h1-37H. The van der Waals surface area contributed by atoms with Gasteiger partial charge in [0.2, 0.25) is 0 Å². The second-order valence-corrected chi connectivity index (χ2v) is 14.1. The van der Waals surface area contributed by atoms with Gasteiger partial charge in [-0.15, -0.1) is 0 Å². The van der Waals surface area contributed by atoms with Crippen LogP contribution in [0, 0.1) is 0 Å². The summed E-state index contributed by atoms with van der Waals surface area (Å²) in [6.07, 6.45) is 0. The lowest BCUT2D eigenvalue weighted by Gasteiger charge is -2.35. The van der Waals surface area contributed by atoms with Gasteiger partial charge in [-0.05, 0) is 103 Å². The molecule has 0 amide bonds. The van der Waals surface area contributed by atoms with Crippen LogP contribution in [-0.2, 0) is 5.41 Å². The molecule has 0 heterocycles. The van der Waals surface area contributed by atoms with Gasteiger partial charge < -0.3 is 4.90 Å². The molecule has 0 aliphatic heterocycles. The first-order valence-electron chi connectivity index (χ1n) is 18.7. The molecule has 0 radical (unpaired) electrons. The lowest BCUT2D eigenvalue weighted by Crippen LogP contribution is -2.29. The van der Waals surface area contributed by atoms with Crippen molar-refractivity contribution in [2.24, 2.45) is 0 Å². The van der Waals surface area contributed by atoms with Gasteiger partial charge in [-0.2, -0.15) is 0 Å². The average Bonchev–Trinajstić information content (AvgIpc) is 3.56. The minimum atomic E-state index is -0.538. The highest BCUT2D eigenvalue weighted by Crippen LogP contribution is 2.59. The molecule has 0 fully saturated rings. The Kier molecular flexibility index (Phi) is 7.78. The van der Waals surface area contributed by atoms with Crippen LogP contribution in [0.3, 0.4) is 0 Å². The number of nitrogens with zero attached hydrogens (tertiary/aromatic N) is 1. The van der Waals surface area contributed by atoms with Crippen LogP contribution in [0.2, 0.25) is 0 Å². The summed E-state index contributed by atoms with van der Waals surface area (Å²) in [4.78, 5) is 2.41. The highest BCUT2D eigenvalue weighted by Gasteiger charge is 2.47. The van der Waals surface area contributed by atoms with Crippen molar-refractivity contribution in [1.82, 2.24) is 0 Å². The summed E-state index contributed by atoms with van der Waals surface area (Å²) in [6.45, 7) is 0. The SMILES string of the molecule is c1ccc(-c2ccc(N(c3ccc(-c4ccccc4)cc3)c3ccc4c(c3)C(c3ccccc3)(c3ccccc3)c3c-4ccc4ccccc34)cc2)cc1. The number of fused-ring (bicyclic) bond motifs is 5. The van der Waals surface area contributed by atoms with Gasteiger partial charge in [0.05, 0.1) is 5.41 Å². The van der Waals surface area contributed by atoms with Crippen LogP contribution < -0.4 is 4.90 Å². The van der Waals surface area contributed by atoms with Gasteiger partial charge in [-0.1, -0.05) is 188 Å². The molecule has 1 nitrogen and oxygen atoms in total. The fourth-order valence-corrected chi connectivity index (χ4v) is 8.71. The third-order valence-electron chi connectivity index (χ3n) is 11.1. The zero-order chi connectivity index (χ0) is 35.9. The van der Waals surface area contributed by atoms with Crippen LogP contribution >= 0.6 is 0 Å². The lowest BCUT2D eigenvalue weighted by molar-refractivity contribution is 0.775. The smallest absolute Gasteiger partial charge is 0.0720 e. The molecule has 0 atom stereocenters. The van der Waals surface area contributed by atoms with Crippen LogP contribution in [0.5, 0.6) is 0 Å². The van der Waals surface area contributed by atoms with Crippen molar-refractivity contribution in [3.8, 4) is 33.4 Å². The Morgan fingerprint density at radius 3 is 1.28 bits per heavy atom. The molecule has 1 aliphatic rings. The van der Waals surface area contributed by atoms with Gasteiger partial charge >= 0.3 is 0 Å². The number of hydrogen-bond acceptors (Lipinski definition) is 1. The second-order valence-electron chi connectivity index (χ2n) is 14.1. The van der Waals surface area contributed by atoms with Crippen molar-refractivity contribution in [3.05, 3.63) is 247 Å². The number of rotatable bonds is 7. The summed E-state index contributed by atoms with van der Waals surface area (Å²) < 4.78 is 0. The summed E-state index contributed by atoms with van der Waals surface area (Å²) in [7, 11) is 0. The molecule has 0 unspecified atom stereocenters. The first-order chi connectivity index (χ1) is 26.8. The Hall–Kier alpha value is -6.96. The van der Waals surface area contributed by atoms with Crippen molar-refractivity contribution in [1.29, 1.82) is 0 Å². The predicted octanol–water partition coefficient (Wildman–Crippen LogP) is 14.0. The fourth-order valence-electron chi connectivity index (χ4n) is 8.71. The molecule has 1 aliphatic carbocycles. The van der Waals surface area contributed by atoms with E-state index in [2.05, 4.69) is 229 Å². The van der Waals surface area contributed by atoms with Crippen molar-refractivity contribution in [3.63, 3.8) is 0 Å². The van der Waals surface area contributed by atoms with E-state index in [0.29, 0.717) is 0 Å². The zero-order valence-corrected chi connectivity index (χ0v) is 29.8. The molecule has 9 aromatic carbocycles. The molecule has 254 valence electrons. The molecule has 54 heavy (non-hydrogen) atoms. The zero-order valence-electron chi connectivity index (χ0n) is 29.8. The molecule has 1 heteroatoms. The molecular formula is C53H37N. The van der Waals surface area contributed by atoms with Gasteiger partial charge in [0.25, 0.3) is 0 Å². The van der Waals surface area contributed by atoms with Gasteiger partial charge in [-0.25, -0.2) is 0 Å². The van der Waals surface area contributed by atoms with Gasteiger partial charge in [0, 0.05) is 17.1 Å². The van der Waals surface area contributed by atoms with E-state index < -0.39 is 5.41 Å². The maximum Gasteiger partial charge on any atom is 0.0720 e. The van der Waals surface area contributed by atoms with Crippen LogP contribution in [0.15, 0.2) is 224 Å². The maximum atomic E-state index is 2.46. The van der Waals surface area contributed by atoms with Crippen molar-refractivity contribution >= 4 is 27.8 Å². The van der Waals surface area contributed by atoms with Crippen LogP contribution in [0.1, 0.15) is 22.3 Å². The van der Waals surface area contributed by atoms with Gasteiger partial charge in [-0.3, -0.25) is 0 Å². The second kappa shape index (κ2) is 13.2. The van der Waals surface area contributed by atoms with E-state index in [1.165, 1.54) is 66.4 Å². The lowest BCUT2D eigenvalue weighted by atomic mass is 9.66. The predicted molar refractivity (Wildman–Crippen MR) is 227 cm³/mol. The fraction of sp³-hybridized carbons (Fsp3) is 0.0189. The van der Waals surface area contributed by atoms with Crippen molar-refractivity contribution in [2.45, 2.75) is 5.41 Å². The number of benzene rings is 9. The summed E-state index contributed by atoms with van der Waals surface area (Å²) in [5, 5.41) is 2.53. The molecule has 10 rings (SSSR count). The molecule has 0 N–H and O–H groups in total. The summed E-state index contributed by atoms with van der Waals surface area (Å²) in [5.41, 5.74) is 15.3. The van der Waals surface area contributed by atoms with Crippen LogP contribution in [0.25, 0.3) is 44.2 Å². The largest absolute Gasteiger partial charge is 0.310 e. The first-order valence-corrected chi connectivity index (χ1v) is 18.7. The number of hydrogen-bond donors (Lipinski definition) is 0. The maximum absolute atomic E-state index is 2.46. The van der Waals surface area contributed by atoms with Crippen molar-refractivity contribution < 1.29 is 0 Å². The van der Waals surface area contributed by atoms with Crippen molar-refractivity contribution in [2.75, 3.05) is 4.90 Å². The Bertz CT molecular complexity index is 2600. The molecule has 0 aromatic heterocycles. The van der Waals surface area contributed by atoms with Gasteiger partial charge in [0.1, 0.15) is 0 Å². The van der Waals surface area contributed by atoms with E-state index in [1.54, 1.807) is 0 Å². The Morgan fingerprint density at radius 1 is 0.315 bits per heavy atom. The Labute approximate surface area is 317 Å². The summed E-state index contributed by atoms with van der Waals surface area (Å²) >= 11 is 0. The molecule has 0 saturated carbocycles. The van der Waals surface area contributed by atoms with E-state index in [4.69, 9.17) is 0 Å². The highest BCUT2D eigenvalue weighted by molar-refractivity contribution is 6.01. The van der Waals surface area contributed by atoms with E-state index >= 15 is 0 Å². The molecule has 0 saturated heterocycles. The molecule has 0 bridgehead atoms. The van der Waals surface area contributed by atoms with Crippen LogP contribution in [-0.4, -0.2) is 0 Å². The highest BCUT2D eigenvalue weighted by atomic mass is 15.1. The van der Waals surface area contributed by atoms with E-state index in [-0.39, 0.29) is 0 Å². The molecular weight excluding hydrogens is 651 g/mol. The minimum absolute atomic E-state index is 0.538. The normalized spacial score (nSPS) is 12.6. The molecule has 0 spiro atoms. The number of anilines is 3. The first kappa shape index (κ1) is 31.7. The third-order valence-corrected chi connectivity index (χ3v) is 11.1. The van der Waals surface area contributed by atoms with E-state index in [0.717, 1.165) is 17.1 Å². The van der Waals surface area contributed by atoms with E-state index in [9.17, 15) is 0 Å². The molecule has 9 aromatic rings. The quantitative estimate of drug-likeness (QED) is 0.161. The Morgan fingerprint density at radius 2 is 0.741 bits per heavy atom. The monoisotopic (exact) mass is 687 g/mol. The van der Waals surface area contributed by atoms with E-state index in [1.807, 2.05) is 0 Å². The topological polar surface area (TPSA) is 3.24 Å². The van der Waals surface area contributed by atoms with Gasteiger partial charge in [0.15, 0.2) is 0 Å².